The molecule has 2 amide bonds. The number of rotatable bonds is 7. The van der Waals surface area contributed by atoms with Gasteiger partial charge in [0.25, 0.3) is 0 Å². The predicted molar refractivity (Wildman–Crippen MR) is 68.2 cm³/mol. The fraction of sp³-hybridized carbons (Fsp3) is 0.583. The number of urea groups is 1. The van der Waals surface area contributed by atoms with Crippen molar-refractivity contribution in [2.75, 3.05) is 20.3 Å². The maximum atomic E-state index is 11.4. The molecule has 1 atom stereocenters. The van der Waals surface area contributed by atoms with Gasteiger partial charge in [-0.15, -0.1) is 0 Å². The van der Waals surface area contributed by atoms with Crippen LogP contribution in [-0.4, -0.2) is 42.1 Å². The number of aryl methyl sites for hydroxylation is 1. The first kappa shape index (κ1) is 14.5. The Morgan fingerprint density at radius 3 is 2.94 bits per heavy atom. The summed E-state index contributed by atoms with van der Waals surface area (Å²) in [7, 11) is 3.46. The number of carbonyl (C=O) groups excluding carboxylic acids is 1. The van der Waals surface area contributed by atoms with Gasteiger partial charge in [-0.05, 0) is 18.1 Å². The van der Waals surface area contributed by atoms with Crippen LogP contribution < -0.4 is 10.6 Å². The largest absolute Gasteiger partial charge is 0.391 e. The van der Waals surface area contributed by atoms with Gasteiger partial charge < -0.3 is 25.0 Å². The molecule has 0 saturated carbocycles. The molecule has 102 valence electrons. The second-order valence-corrected chi connectivity index (χ2v) is 4.19. The highest BCUT2D eigenvalue weighted by Crippen LogP contribution is 1.98. The van der Waals surface area contributed by atoms with Gasteiger partial charge in [0, 0.05) is 39.6 Å². The summed E-state index contributed by atoms with van der Waals surface area (Å²) >= 11 is 0. The van der Waals surface area contributed by atoms with Gasteiger partial charge in [0.2, 0.25) is 0 Å². The molecule has 6 nitrogen and oxygen atoms in total. The number of hydrogen-bond acceptors (Lipinski definition) is 3. The Kier molecular flexibility index (Phi) is 6.24. The predicted octanol–water partition coefficient (Wildman–Crippen LogP) is 0.222. The topological polar surface area (TPSA) is 75.5 Å². The third-order valence-electron chi connectivity index (χ3n) is 2.47. The number of aliphatic hydroxyl groups excluding tert-OH is 1. The van der Waals surface area contributed by atoms with Crippen LogP contribution in [0.15, 0.2) is 18.5 Å². The molecule has 0 bridgehead atoms. The molecule has 18 heavy (non-hydrogen) atoms. The molecular formula is C12H21N3O3. The van der Waals surface area contributed by atoms with Crippen LogP contribution in [0.4, 0.5) is 4.79 Å². The Morgan fingerprint density at radius 2 is 2.33 bits per heavy atom. The van der Waals surface area contributed by atoms with E-state index in [1.807, 2.05) is 30.1 Å². The molecule has 0 aliphatic carbocycles. The van der Waals surface area contributed by atoms with E-state index >= 15 is 0 Å². The molecule has 0 saturated heterocycles. The van der Waals surface area contributed by atoms with Crippen LogP contribution in [0.5, 0.6) is 0 Å². The van der Waals surface area contributed by atoms with E-state index in [0.717, 1.165) is 5.56 Å². The van der Waals surface area contributed by atoms with Gasteiger partial charge in [-0.3, -0.25) is 0 Å². The van der Waals surface area contributed by atoms with Crippen LogP contribution in [0.25, 0.3) is 0 Å². The summed E-state index contributed by atoms with van der Waals surface area (Å²) in [5, 5.41) is 14.8. The van der Waals surface area contributed by atoms with E-state index < -0.39 is 6.10 Å². The van der Waals surface area contributed by atoms with Crippen molar-refractivity contribution in [1.82, 2.24) is 15.2 Å². The van der Waals surface area contributed by atoms with Gasteiger partial charge in [-0.25, -0.2) is 4.79 Å². The Bertz CT molecular complexity index is 365. The van der Waals surface area contributed by atoms with Crippen molar-refractivity contribution in [3.05, 3.63) is 24.0 Å². The quantitative estimate of drug-likeness (QED) is 0.652. The fourth-order valence-corrected chi connectivity index (χ4v) is 1.54. The van der Waals surface area contributed by atoms with Crippen molar-refractivity contribution in [1.29, 1.82) is 0 Å². The number of aromatic nitrogens is 1. The average Bonchev–Trinajstić information content (AvgIpc) is 2.73. The molecule has 1 rings (SSSR count). The standard InChI is InChI=1S/C12H21N3O3/c1-15-6-4-10(8-15)7-14-12(17)13-5-3-11(16)9-18-2/h4,6,8,11,16H,3,5,7,9H2,1-2H3,(H2,13,14,17). The van der Waals surface area contributed by atoms with Gasteiger partial charge in [-0.1, -0.05) is 0 Å². The van der Waals surface area contributed by atoms with Crippen LogP contribution in [0, 0.1) is 0 Å². The minimum Gasteiger partial charge on any atom is -0.391 e. The van der Waals surface area contributed by atoms with Crippen LogP contribution in [0.3, 0.4) is 0 Å². The minimum absolute atomic E-state index is 0.233. The first-order valence-electron chi connectivity index (χ1n) is 5.91. The summed E-state index contributed by atoms with van der Waals surface area (Å²) in [6.45, 7) is 1.20. The Balaban J connectivity index is 2.10. The van der Waals surface area contributed by atoms with Crippen molar-refractivity contribution < 1.29 is 14.6 Å². The van der Waals surface area contributed by atoms with Crippen LogP contribution in [-0.2, 0) is 18.3 Å². The lowest BCUT2D eigenvalue weighted by Crippen LogP contribution is -2.36. The molecule has 1 aromatic rings. The Morgan fingerprint density at radius 1 is 1.56 bits per heavy atom. The van der Waals surface area contributed by atoms with E-state index in [2.05, 4.69) is 10.6 Å². The number of methoxy groups -OCH3 is 1. The summed E-state index contributed by atoms with van der Waals surface area (Å²) in [5.41, 5.74) is 1.05. The second-order valence-electron chi connectivity index (χ2n) is 4.19. The molecule has 0 spiro atoms. The van der Waals surface area contributed by atoms with E-state index in [-0.39, 0.29) is 12.6 Å². The zero-order valence-corrected chi connectivity index (χ0v) is 10.8. The molecule has 3 N–H and O–H groups in total. The molecular weight excluding hydrogens is 234 g/mol. The summed E-state index contributed by atoms with van der Waals surface area (Å²) in [6.07, 6.45) is 3.81. The third kappa shape index (κ3) is 5.70. The SMILES string of the molecule is COCC(O)CCNC(=O)NCc1ccn(C)c1. The van der Waals surface area contributed by atoms with Crippen molar-refractivity contribution in [3.8, 4) is 0 Å². The van der Waals surface area contributed by atoms with E-state index in [9.17, 15) is 9.90 Å². The summed E-state index contributed by atoms with van der Waals surface area (Å²) < 4.78 is 6.71. The number of nitrogens with one attached hydrogen (secondary N) is 2. The number of ether oxygens (including phenoxy) is 1. The average molecular weight is 255 g/mol. The van der Waals surface area contributed by atoms with Crippen LogP contribution in [0.1, 0.15) is 12.0 Å². The molecule has 0 aliphatic rings. The van der Waals surface area contributed by atoms with Gasteiger partial charge >= 0.3 is 6.03 Å². The fourth-order valence-electron chi connectivity index (χ4n) is 1.54. The third-order valence-corrected chi connectivity index (χ3v) is 2.47. The first-order valence-corrected chi connectivity index (χ1v) is 5.91. The van der Waals surface area contributed by atoms with Gasteiger partial charge in [0.05, 0.1) is 12.7 Å². The molecule has 1 aromatic heterocycles. The van der Waals surface area contributed by atoms with E-state index in [4.69, 9.17) is 4.74 Å². The van der Waals surface area contributed by atoms with Crippen molar-refractivity contribution >= 4 is 6.03 Å². The van der Waals surface area contributed by atoms with Gasteiger partial charge in [0.1, 0.15) is 0 Å². The molecule has 0 radical (unpaired) electrons. The molecule has 0 aromatic carbocycles. The first-order chi connectivity index (χ1) is 8.61. The summed E-state index contributed by atoms with van der Waals surface area (Å²) in [5.74, 6) is 0. The normalized spacial score (nSPS) is 12.2. The van der Waals surface area contributed by atoms with Crippen molar-refractivity contribution in [2.45, 2.75) is 19.1 Å². The number of nitrogens with zero attached hydrogens (tertiary/aromatic N) is 1. The zero-order valence-electron chi connectivity index (χ0n) is 10.8. The summed E-state index contributed by atoms with van der Waals surface area (Å²) in [4.78, 5) is 11.4. The Labute approximate surface area is 107 Å². The van der Waals surface area contributed by atoms with E-state index in [1.165, 1.54) is 7.11 Å². The number of aliphatic hydroxyl groups is 1. The second kappa shape index (κ2) is 7.73. The van der Waals surface area contributed by atoms with Crippen LogP contribution in [0.2, 0.25) is 0 Å². The van der Waals surface area contributed by atoms with Gasteiger partial charge in [-0.2, -0.15) is 0 Å². The number of amides is 2. The monoisotopic (exact) mass is 255 g/mol. The zero-order chi connectivity index (χ0) is 13.4. The number of carbonyl (C=O) groups is 1. The lowest BCUT2D eigenvalue weighted by Gasteiger charge is -2.10. The van der Waals surface area contributed by atoms with Crippen LogP contribution >= 0.6 is 0 Å². The molecule has 1 unspecified atom stereocenters. The van der Waals surface area contributed by atoms with Crippen molar-refractivity contribution in [3.63, 3.8) is 0 Å². The molecule has 6 heteroatoms. The van der Waals surface area contributed by atoms with E-state index in [0.29, 0.717) is 19.5 Å². The minimum atomic E-state index is -0.538. The lowest BCUT2D eigenvalue weighted by molar-refractivity contribution is 0.0598. The highest BCUT2D eigenvalue weighted by molar-refractivity contribution is 5.73. The smallest absolute Gasteiger partial charge is 0.315 e. The maximum Gasteiger partial charge on any atom is 0.315 e. The molecule has 0 fully saturated rings. The highest BCUT2D eigenvalue weighted by atomic mass is 16.5. The van der Waals surface area contributed by atoms with Gasteiger partial charge in [0.15, 0.2) is 0 Å². The highest BCUT2D eigenvalue weighted by Gasteiger charge is 2.05. The lowest BCUT2D eigenvalue weighted by atomic mass is 10.3. The molecule has 1 heterocycles. The van der Waals surface area contributed by atoms with E-state index in [1.54, 1.807) is 0 Å². The Hall–Kier alpha value is -1.53. The maximum absolute atomic E-state index is 11.4. The summed E-state index contributed by atoms with van der Waals surface area (Å²) in [6, 6.07) is 1.71. The molecule has 0 aliphatic heterocycles. The number of hydrogen-bond donors (Lipinski definition) is 3. The van der Waals surface area contributed by atoms with Crippen molar-refractivity contribution in [2.24, 2.45) is 7.05 Å².